The second kappa shape index (κ2) is 11.4. The number of aliphatic hydroxyl groups is 1. The molecule has 0 aromatic carbocycles. The lowest BCUT2D eigenvalue weighted by Gasteiger charge is -2.38. The van der Waals surface area contributed by atoms with E-state index in [1.165, 1.54) is 5.57 Å². The Labute approximate surface area is 209 Å². The number of aliphatic imine (C=N–C) groups is 1. The highest BCUT2D eigenvalue weighted by molar-refractivity contribution is 6.35. The summed E-state index contributed by atoms with van der Waals surface area (Å²) in [5.74, 6) is -0.134. The molecule has 4 unspecified atom stereocenters. The van der Waals surface area contributed by atoms with Crippen LogP contribution in [0.1, 0.15) is 48.5 Å². The zero-order valence-electron chi connectivity index (χ0n) is 21.0. The van der Waals surface area contributed by atoms with Gasteiger partial charge >= 0.3 is 0 Å². The van der Waals surface area contributed by atoms with Gasteiger partial charge in [-0.1, -0.05) is 95.1 Å². The second-order valence-corrected chi connectivity index (χ2v) is 11.9. The Morgan fingerprint density at radius 1 is 1.12 bits per heavy atom. The average Bonchev–Trinajstić information content (AvgIpc) is 2.69. The molecule has 0 heterocycles. The number of halogens is 2. The quantitative estimate of drug-likeness (QED) is 0.316. The lowest BCUT2D eigenvalue weighted by molar-refractivity contribution is 0.100. The van der Waals surface area contributed by atoms with Crippen LogP contribution in [0.15, 0.2) is 55.7 Å². The lowest BCUT2D eigenvalue weighted by atomic mass is 9.69. The molecule has 0 saturated heterocycles. The zero-order chi connectivity index (χ0) is 25.0. The predicted molar refractivity (Wildman–Crippen MR) is 141 cm³/mol. The molecule has 0 radical (unpaired) electrons. The molecule has 0 fully saturated rings. The topological polar surface area (TPSA) is 65.3 Å². The van der Waals surface area contributed by atoms with Gasteiger partial charge in [0.05, 0.1) is 12.6 Å². The highest BCUT2D eigenvalue weighted by Crippen LogP contribution is 2.40. The van der Waals surface area contributed by atoms with Crippen LogP contribution >= 0.6 is 23.2 Å². The first kappa shape index (κ1) is 28.0. The third-order valence-corrected chi connectivity index (χ3v) is 6.95. The van der Waals surface area contributed by atoms with Crippen LogP contribution in [-0.4, -0.2) is 54.5 Å². The summed E-state index contributed by atoms with van der Waals surface area (Å²) in [7, 11) is 0. The maximum atomic E-state index is 11.3. The molecular formula is C26H39Cl2N3O2. The van der Waals surface area contributed by atoms with E-state index < -0.39 is 12.1 Å². The predicted octanol–water partition coefficient (Wildman–Crippen LogP) is 6.33. The minimum atomic E-state index is -0.605. The molecule has 5 nitrogen and oxygen atoms in total. The fraction of sp³-hybridized carbons (Fsp3) is 0.654. The number of hydrogen-bond donors (Lipinski definition) is 1. The molecule has 2 rings (SSSR count). The lowest BCUT2D eigenvalue weighted by Crippen LogP contribution is -2.36. The van der Waals surface area contributed by atoms with Crippen molar-refractivity contribution < 1.29 is 5.11 Å². The van der Waals surface area contributed by atoms with Gasteiger partial charge in [-0.25, -0.2) is 0 Å². The van der Waals surface area contributed by atoms with Gasteiger partial charge in [-0.05, 0) is 34.6 Å². The zero-order valence-corrected chi connectivity index (χ0v) is 22.5. The summed E-state index contributed by atoms with van der Waals surface area (Å²) in [5.41, 5.74) is 2.02. The van der Waals surface area contributed by atoms with Gasteiger partial charge in [0.25, 0.3) is 0 Å². The van der Waals surface area contributed by atoms with Crippen molar-refractivity contribution >= 4 is 29.4 Å². The molecule has 1 N–H and O–H groups in total. The van der Waals surface area contributed by atoms with E-state index in [1.54, 1.807) is 6.08 Å². The van der Waals surface area contributed by atoms with Crippen molar-refractivity contribution in [2.75, 3.05) is 26.2 Å². The van der Waals surface area contributed by atoms with E-state index >= 15 is 0 Å². The number of nitrogens with zero attached hydrogens (tertiary/aromatic N) is 3. The Kier molecular flexibility index (Phi) is 9.70. The number of aliphatic hydroxyl groups excluding tert-OH is 1. The van der Waals surface area contributed by atoms with Crippen molar-refractivity contribution in [3.63, 3.8) is 0 Å². The molecule has 0 bridgehead atoms. The van der Waals surface area contributed by atoms with Crippen LogP contribution in [0.5, 0.6) is 0 Å². The summed E-state index contributed by atoms with van der Waals surface area (Å²) in [4.78, 5) is 18.1. The normalized spacial score (nSPS) is 26.8. The number of likely N-dealkylation sites (N-methyl/N-ethyl adjacent to an activating group) is 1. The molecule has 2 aliphatic carbocycles. The van der Waals surface area contributed by atoms with Gasteiger partial charge in [-0.3, -0.25) is 4.99 Å². The molecule has 0 amide bonds. The summed E-state index contributed by atoms with van der Waals surface area (Å²) in [5, 5.41) is 15.2. The van der Waals surface area contributed by atoms with Crippen molar-refractivity contribution in [1.29, 1.82) is 0 Å². The van der Waals surface area contributed by atoms with Gasteiger partial charge in [-0.15, -0.1) is 0 Å². The van der Waals surface area contributed by atoms with Crippen molar-refractivity contribution in [1.82, 2.24) is 4.90 Å². The van der Waals surface area contributed by atoms with Gasteiger partial charge in [0.2, 0.25) is 0 Å². The first-order valence-corrected chi connectivity index (χ1v) is 12.4. The number of rotatable bonds is 8. The SMILES string of the molecule is CCN(CCN=CC1=CC(C(C)(C)C)=CC(C(C)(C)C)C1O)CC1C=C(Cl)C=C(Cl)C1N=O. The number of hydrogen-bond acceptors (Lipinski definition) is 5. The molecule has 184 valence electrons. The van der Waals surface area contributed by atoms with E-state index in [-0.39, 0.29) is 22.7 Å². The Morgan fingerprint density at radius 3 is 2.33 bits per heavy atom. The molecular weight excluding hydrogens is 457 g/mol. The minimum Gasteiger partial charge on any atom is -0.388 e. The van der Waals surface area contributed by atoms with Crippen LogP contribution in [0.25, 0.3) is 0 Å². The second-order valence-electron chi connectivity index (χ2n) is 11.1. The molecule has 0 aromatic heterocycles. The first-order valence-electron chi connectivity index (χ1n) is 11.7. The summed E-state index contributed by atoms with van der Waals surface area (Å²) >= 11 is 12.3. The third-order valence-electron chi connectivity index (χ3n) is 6.38. The highest BCUT2D eigenvalue weighted by atomic mass is 35.5. The van der Waals surface area contributed by atoms with Crippen LogP contribution in [-0.2, 0) is 0 Å². The monoisotopic (exact) mass is 495 g/mol. The van der Waals surface area contributed by atoms with Gasteiger partial charge in [-0.2, -0.15) is 4.91 Å². The Balaban J connectivity index is 2.07. The van der Waals surface area contributed by atoms with E-state index in [1.807, 2.05) is 12.3 Å². The number of allylic oxidation sites excluding steroid dienone is 4. The molecule has 7 heteroatoms. The average molecular weight is 497 g/mol. The summed E-state index contributed by atoms with van der Waals surface area (Å²) in [6.45, 7) is 17.8. The molecule has 33 heavy (non-hydrogen) atoms. The van der Waals surface area contributed by atoms with Gasteiger partial charge in [0.15, 0.2) is 0 Å². The maximum absolute atomic E-state index is 11.3. The van der Waals surface area contributed by atoms with E-state index in [9.17, 15) is 10.0 Å². The minimum absolute atomic E-state index is 0.00456. The molecule has 0 aromatic rings. The first-order chi connectivity index (χ1) is 15.3. The largest absolute Gasteiger partial charge is 0.388 e. The molecule has 4 atom stereocenters. The van der Waals surface area contributed by atoms with Gasteiger partial charge in [0, 0.05) is 41.2 Å². The van der Waals surface area contributed by atoms with Crippen molar-refractivity contribution in [2.24, 2.45) is 32.8 Å². The summed E-state index contributed by atoms with van der Waals surface area (Å²) in [6.07, 6.45) is 8.98. The molecule has 2 aliphatic rings. The Morgan fingerprint density at radius 2 is 1.79 bits per heavy atom. The maximum Gasteiger partial charge on any atom is 0.135 e. The highest BCUT2D eigenvalue weighted by Gasteiger charge is 2.35. The van der Waals surface area contributed by atoms with E-state index in [0.29, 0.717) is 23.2 Å². The molecule has 0 saturated carbocycles. The fourth-order valence-electron chi connectivity index (χ4n) is 4.20. The van der Waals surface area contributed by atoms with Gasteiger partial charge < -0.3 is 10.0 Å². The van der Waals surface area contributed by atoms with Crippen molar-refractivity contribution in [3.05, 3.63) is 50.4 Å². The summed E-state index contributed by atoms with van der Waals surface area (Å²) < 4.78 is 0. The van der Waals surface area contributed by atoms with Crippen molar-refractivity contribution in [2.45, 2.75) is 60.6 Å². The van der Waals surface area contributed by atoms with Gasteiger partial charge in [0.1, 0.15) is 6.04 Å². The van der Waals surface area contributed by atoms with E-state index in [0.717, 1.165) is 18.7 Å². The van der Waals surface area contributed by atoms with E-state index in [4.69, 9.17) is 23.2 Å². The Hall–Kier alpha value is -1.27. The van der Waals surface area contributed by atoms with Crippen LogP contribution < -0.4 is 0 Å². The molecule has 0 spiro atoms. The van der Waals surface area contributed by atoms with Crippen molar-refractivity contribution in [3.8, 4) is 0 Å². The van der Waals surface area contributed by atoms with Crippen LogP contribution in [0.2, 0.25) is 0 Å². The Bertz CT molecular complexity index is 860. The van der Waals surface area contributed by atoms with Crippen LogP contribution in [0.3, 0.4) is 0 Å². The van der Waals surface area contributed by atoms with E-state index in [2.05, 4.69) is 75.7 Å². The smallest absolute Gasteiger partial charge is 0.135 e. The van der Waals surface area contributed by atoms with Crippen LogP contribution in [0, 0.1) is 27.6 Å². The molecule has 0 aliphatic heterocycles. The number of nitroso groups, excluding NO2 is 1. The fourth-order valence-corrected chi connectivity index (χ4v) is 4.86. The standard InChI is InChI=1S/C26H39Cl2N3O2/c1-8-31(16-18-12-20(27)14-22(28)23(18)30-33)10-9-29-15-17-11-19(25(2,3)4)13-21(24(17)32)26(5,6)7/h11-15,18,21,23-24,32H,8-10,16H2,1-7H3. The summed E-state index contributed by atoms with van der Waals surface area (Å²) in [6, 6.07) is -0.605. The third kappa shape index (κ3) is 7.61. The van der Waals surface area contributed by atoms with Crippen LogP contribution in [0.4, 0.5) is 0 Å².